The minimum Gasteiger partial charge on any atom is -0.348 e. The van der Waals surface area contributed by atoms with Gasteiger partial charge in [0.05, 0.1) is 12.1 Å². The first-order chi connectivity index (χ1) is 9.52. The van der Waals surface area contributed by atoms with E-state index in [4.69, 9.17) is 11.6 Å². The van der Waals surface area contributed by atoms with E-state index in [2.05, 4.69) is 34.8 Å². The van der Waals surface area contributed by atoms with E-state index in [9.17, 15) is 4.79 Å². The number of aromatic nitrogens is 2. The second kappa shape index (κ2) is 6.33. The smallest absolute Gasteiger partial charge is 0.156 e. The van der Waals surface area contributed by atoms with Crippen molar-refractivity contribution in [2.45, 2.75) is 33.4 Å². The first-order valence-corrected chi connectivity index (χ1v) is 7.57. The lowest BCUT2D eigenvalue weighted by Crippen LogP contribution is -2.32. The number of aldehydes is 1. The highest BCUT2D eigenvalue weighted by molar-refractivity contribution is 7.09. The van der Waals surface area contributed by atoms with E-state index in [1.807, 2.05) is 11.4 Å². The highest BCUT2D eigenvalue weighted by Gasteiger charge is 2.20. The van der Waals surface area contributed by atoms with Gasteiger partial charge in [0.25, 0.3) is 0 Å². The molecule has 0 radical (unpaired) electrons. The number of rotatable bonds is 5. The van der Waals surface area contributed by atoms with Gasteiger partial charge in [0, 0.05) is 10.9 Å². The summed E-state index contributed by atoms with van der Waals surface area (Å²) in [6.07, 6.45) is 0.723. The Bertz CT molecular complexity index is 599. The number of carbonyl (C=O) groups is 1. The minimum absolute atomic E-state index is 0.196. The molecule has 0 spiro atoms. The van der Waals surface area contributed by atoms with Gasteiger partial charge in [0.1, 0.15) is 16.8 Å². The van der Waals surface area contributed by atoms with Gasteiger partial charge in [-0.25, -0.2) is 9.97 Å². The molecule has 2 aromatic rings. The van der Waals surface area contributed by atoms with E-state index in [1.165, 1.54) is 4.88 Å². The van der Waals surface area contributed by atoms with E-state index >= 15 is 0 Å². The fourth-order valence-corrected chi connectivity index (χ4v) is 2.88. The van der Waals surface area contributed by atoms with Crippen LogP contribution in [0.15, 0.2) is 17.5 Å². The number of hydrogen-bond acceptors (Lipinski definition) is 5. The number of halogens is 1. The Morgan fingerprint density at radius 2 is 2.20 bits per heavy atom. The fourth-order valence-electron chi connectivity index (χ4n) is 1.93. The zero-order chi connectivity index (χ0) is 14.7. The highest BCUT2D eigenvalue weighted by Crippen LogP contribution is 2.26. The van der Waals surface area contributed by atoms with Crippen molar-refractivity contribution in [3.8, 4) is 0 Å². The zero-order valence-corrected chi connectivity index (χ0v) is 13.2. The minimum atomic E-state index is 0.196. The van der Waals surface area contributed by atoms with Crippen molar-refractivity contribution in [2.24, 2.45) is 0 Å². The molecule has 20 heavy (non-hydrogen) atoms. The number of anilines is 1. The summed E-state index contributed by atoms with van der Waals surface area (Å²) in [7, 11) is 0. The number of hydrogen-bond donors (Lipinski definition) is 0. The molecule has 0 amide bonds. The van der Waals surface area contributed by atoms with Gasteiger partial charge in [-0.3, -0.25) is 4.79 Å². The van der Waals surface area contributed by atoms with Crippen LogP contribution >= 0.6 is 22.9 Å². The normalized spacial score (nSPS) is 10.8. The van der Waals surface area contributed by atoms with E-state index in [0.29, 0.717) is 23.8 Å². The molecule has 6 heteroatoms. The molecule has 0 aliphatic carbocycles. The second-order valence-corrected chi connectivity index (χ2v) is 6.11. The molecule has 0 saturated heterocycles. The van der Waals surface area contributed by atoms with Crippen LogP contribution in [-0.2, 0) is 6.54 Å². The third-order valence-corrected chi connectivity index (χ3v) is 4.06. The first-order valence-electron chi connectivity index (χ1n) is 6.31. The van der Waals surface area contributed by atoms with Crippen molar-refractivity contribution in [1.82, 2.24) is 9.97 Å². The molecule has 106 valence electrons. The summed E-state index contributed by atoms with van der Waals surface area (Å²) in [4.78, 5) is 23.0. The lowest BCUT2D eigenvalue weighted by molar-refractivity contribution is 0.112. The molecule has 0 unspecified atom stereocenters. The number of aryl methyl sites for hydroxylation is 1. The maximum absolute atomic E-state index is 11.3. The topological polar surface area (TPSA) is 46.1 Å². The summed E-state index contributed by atoms with van der Waals surface area (Å²) in [6, 6.07) is 4.27. The van der Waals surface area contributed by atoms with Crippen LogP contribution in [0.2, 0.25) is 5.15 Å². The van der Waals surface area contributed by atoms with Crippen molar-refractivity contribution in [3.05, 3.63) is 38.9 Å². The third kappa shape index (κ3) is 3.16. The molecule has 2 rings (SSSR count). The lowest BCUT2D eigenvalue weighted by atomic mass is 10.2. The van der Waals surface area contributed by atoms with Crippen molar-refractivity contribution >= 4 is 35.0 Å². The van der Waals surface area contributed by atoms with Gasteiger partial charge in [-0.1, -0.05) is 17.7 Å². The predicted molar refractivity (Wildman–Crippen MR) is 82.8 cm³/mol. The molecule has 2 aromatic heterocycles. The van der Waals surface area contributed by atoms with Crippen molar-refractivity contribution in [2.75, 3.05) is 4.90 Å². The molecule has 0 aliphatic rings. The van der Waals surface area contributed by atoms with Crippen LogP contribution in [0.3, 0.4) is 0 Å². The third-order valence-electron chi connectivity index (χ3n) is 2.91. The predicted octanol–water partition coefficient (Wildman–Crippen LogP) is 3.73. The largest absolute Gasteiger partial charge is 0.348 e. The van der Waals surface area contributed by atoms with Crippen molar-refractivity contribution in [3.63, 3.8) is 0 Å². The Morgan fingerprint density at radius 3 is 2.75 bits per heavy atom. The van der Waals surface area contributed by atoms with Crippen LogP contribution in [0.25, 0.3) is 0 Å². The van der Waals surface area contributed by atoms with Gasteiger partial charge in [-0.15, -0.1) is 11.3 Å². The van der Waals surface area contributed by atoms with E-state index in [-0.39, 0.29) is 11.2 Å². The quantitative estimate of drug-likeness (QED) is 0.623. The van der Waals surface area contributed by atoms with Crippen molar-refractivity contribution < 1.29 is 4.79 Å². The SMILES string of the molecule is Cc1nc(Cl)c(C=O)c(N(Cc2cccs2)C(C)C)n1. The van der Waals surface area contributed by atoms with Crippen LogP contribution in [0.4, 0.5) is 5.82 Å². The standard InChI is InChI=1S/C14H16ClN3OS/c1-9(2)18(7-11-5-4-6-20-11)14-12(8-19)13(15)16-10(3)17-14/h4-6,8-9H,7H2,1-3H3. The van der Waals surface area contributed by atoms with Crippen LogP contribution < -0.4 is 4.90 Å². The summed E-state index contributed by atoms with van der Waals surface area (Å²) >= 11 is 7.74. The average molecular weight is 310 g/mol. The van der Waals surface area contributed by atoms with Gasteiger partial charge < -0.3 is 4.90 Å². The van der Waals surface area contributed by atoms with E-state index in [0.717, 1.165) is 6.29 Å². The molecule has 2 heterocycles. The maximum atomic E-state index is 11.3. The molecule has 0 fully saturated rings. The summed E-state index contributed by atoms with van der Waals surface area (Å²) in [5.41, 5.74) is 0.350. The monoisotopic (exact) mass is 309 g/mol. The second-order valence-electron chi connectivity index (χ2n) is 4.72. The Labute approximate surface area is 127 Å². The summed E-state index contributed by atoms with van der Waals surface area (Å²) in [6.45, 7) is 6.59. The molecule has 0 aromatic carbocycles. The maximum Gasteiger partial charge on any atom is 0.156 e. The highest BCUT2D eigenvalue weighted by atomic mass is 35.5. The van der Waals surface area contributed by atoms with Gasteiger partial charge in [0.2, 0.25) is 0 Å². The Morgan fingerprint density at radius 1 is 1.45 bits per heavy atom. The Hall–Kier alpha value is -1.46. The molecule has 0 bridgehead atoms. The van der Waals surface area contributed by atoms with Crippen LogP contribution in [0.1, 0.15) is 34.9 Å². The van der Waals surface area contributed by atoms with Crippen LogP contribution in [0.5, 0.6) is 0 Å². The zero-order valence-electron chi connectivity index (χ0n) is 11.6. The molecule has 0 aliphatic heterocycles. The average Bonchev–Trinajstić information content (AvgIpc) is 2.87. The molecule has 0 saturated carbocycles. The molecular formula is C14H16ClN3OS. The Balaban J connectivity index is 2.46. The van der Waals surface area contributed by atoms with Crippen LogP contribution in [-0.4, -0.2) is 22.3 Å². The van der Waals surface area contributed by atoms with E-state index < -0.39 is 0 Å². The van der Waals surface area contributed by atoms with Crippen LogP contribution in [0, 0.1) is 6.92 Å². The number of carbonyl (C=O) groups excluding carboxylic acids is 1. The van der Waals surface area contributed by atoms with Gasteiger partial charge >= 0.3 is 0 Å². The lowest BCUT2D eigenvalue weighted by Gasteiger charge is -2.28. The first kappa shape index (κ1) is 14.9. The summed E-state index contributed by atoms with van der Waals surface area (Å²) < 4.78 is 0. The summed E-state index contributed by atoms with van der Waals surface area (Å²) in [5, 5.41) is 2.24. The molecule has 0 N–H and O–H groups in total. The van der Waals surface area contributed by atoms with E-state index in [1.54, 1.807) is 18.3 Å². The summed E-state index contributed by atoms with van der Waals surface area (Å²) in [5.74, 6) is 1.16. The van der Waals surface area contributed by atoms with Gasteiger partial charge in [-0.05, 0) is 32.2 Å². The molecule has 0 atom stereocenters. The fraction of sp³-hybridized carbons (Fsp3) is 0.357. The van der Waals surface area contributed by atoms with Crippen molar-refractivity contribution in [1.29, 1.82) is 0 Å². The van der Waals surface area contributed by atoms with Gasteiger partial charge in [0.15, 0.2) is 6.29 Å². The number of nitrogens with zero attached hydrogens (tertiary/aromatic N) is 3. The Kier molecular flexibility index (Phi) is 4.73. The molecular weight excluding hydrogens is 294 g/mol. The molecule has 4 nitrogen and oxygen atoms in total. The number of thiophene rings is 1. The van der Waals surface area contributed by atoms with Gasteiger partial charge in [-0.2, -0.15) is 0 Å².